The number of ether oxygens (including phenoxy) is 2. The van der Waals surface area contributed by atoms with Crippen molar-refractivity contribution in [3.63, 3.8) is 0 Å². The summed E-state index contributed by atoms with van der Waals surface area (Å²) in [6.07, 6.45) is 1.03. The summed E-state index contributed by atoms with van der Waals surface area (Å²) in [5, 5.41) is 0. The highest BCUT2D eigenvalue weighted by Gasteiger charge is 2.47. The zero-order valence-electron chi connectivity index (χ0n) is 19.6. The van der Waals surface area contributed by atoms with E-state index in [-0.39, 0.29) is 29.2 Å². The first kappa shape index (κ1) is 22.6. The molecule has 1 atom stereocenters. The van der Waals surface area contributed by atoms with Crippen molar-refractivity contribution in [3.05, 3.63) is 82.8 Å². The highest BCUT2D eigenvalue weighted by molar-refractivity contribution is 6.05. The maximum Gasteiger partial charge on any atom is 0.338 e. The molecule has 0 amide bonds. The first-order valence-electron chi connectivity index (χ1n) is 11.2. The van der Waals surface area contributed by atoms with E-state index in [1.54, 1.807) is 14.0 Å². The summed E-state index contributed by atoms with van der Waals surface area (Å²) >= 11 is 0. The van der Waals surface area contributed by atoms with E-state index >= 15 is 0 Å². The first-order chi connectivity index (χ1) is 15.8. The Hall–Kier alpha value is -3.54. The Balaban J connectivity index is 2.05. The van der Waals surface area contributed by atoms with Crippen LogP contribution in [0.2, 0.25) is 0 Å². The maximum absolute atomic E-state index is 13.7. The molecule has 2 N–H and O–H groups in total. The summed E-state index contributed by atoms with van der Waals surface area (Å²) in [5.41, 5.74) is 9.71. The normalized spacial score (nSPS) is 19.9. The minimum atomic E-state index is -0.668. The van der Waals surface area contributed by atoms with Gasteiger partial charge in [0.2, 0.25) is 0 Å². The lowest BCUT2D eigenvalue weighted by molar-refractivity contribution is -0.138. The van der Waals surface area contributed by atoms with E-state index in [0.717, 1.165) is 16.9 Å². The minimum Gasteiger partial charge on any atom is -0.496 e. The molecule has 1 aliphatic heterocycles. The molecule has 2 aliphatic rings. The predicted molar refractivity (Wildman–Crippen MR) is 128 cm³/mol. The van der Waals surface area contributed by atoms with Crippen LogP contribution in [0.4, 0.5) is 5.69 Å². The van der Waals surface area contributed by atoms with Gasteiger partial charge in [-0.15, -0.1) is 0 Å². The third-order valence-electron chi connectivity index (χ3n) is 6.22. The summed E-state index contributed by atoms with van der Waals surface area (Å²) in [5.74, 6) is -0.322. The van der Waals surface area contributed by atoms with Gasteiger partial charge >= 0.3 is 5.97 Å². The highest BCUT2D eigenvalue weighted by Crippen LogP contribution is 2.51. The van der Waals surface area contributed by atoms with Crippen molar-refractivity contribution in [2.45, 2.75) is 39.5 Å². The van der Waals surface area contributed by atoms with Gasteiger partial charge in [-0.05, 0) is 37.0 Å². The lowest BCUT2D eigenvalue weighted by Gasteiger charge is -2.44. The maximum atomic E-state index is 13.7. The van der Waals surface area contributed by atoms with E-state index < -0.39 is 11.9 Å². The van der Waals surface area contributed by atoms with E-state index in [1.807, 2.05) is 59.5 Å². The zero-order chi connectivity index (χ0) is 23.8. The lowest BCUT2D eigenvalue weighted by atomic mass is 9.68. The van der Waals surface area contributed by atoms with Crippen molar-refractivity contribution in [1.29, 1.82) is 0 Å². The molecule has 1 aliphatic carbocycles. The number of nitrogens with zero attached hydrogens (tertiary/aromatic N) is 1. The molecule has 0 fully saturated rings. The van der Waals surface area contributed by atoms with Gasteiger partial charge in [-0.3, -0.25) is 9.69 Å². The van der Waals surface area contributed by atoms with E-state index in [1.165, 1.54) is 0 Å². The fourth-order valence-corrected chi connectivity index (χ4v) is 4.91. The lowest BCUT2D eigenvalue weighted by Crippen LogP contribution is -2.43. The summed E-state index contributed by atoms with van der Waals surface area (Å²) in [6, 6.07) is 17.0. The van der Waals surface area contributed by atoms with Crippen LogP contribution in [-0.4, -0.2) is 25.5 Å². The van der Waals surface area contributed by atoms with Gasteiger partial charge in [0.25, 0.3) is 0 Å². The molecule has 6 heteroatoms. The van der Waals surface area contributed by atoms with E-state index in [4.69, 9.17) is 15.2 Å². The second-order valence-corrected chi connectivity index (χ2v) is 9.17. The van der Waals surface area contributed by atoms with Gasteiger partial charge in [-0.25, -0.2) is 4.79 Å². The van der Waals surface area contributed by atoms with Gasteiger partial charge in [0.1, 0.15) is 11.6 Å². The number of carbonyl (C=O) groups excluding carboxylic acids is 2. The Morgan fingerprint density at radius 2 is 1.76 bits per heavy atom. The largest absolute Gasteiger partial charge is 0.496 e. The molecule has 0 spiro atoms. The summed E-state index contributed by atoms with van der Waals surface area (Å²) in [7, 11) is 1.58. The van der Waals surface area contributed by atoms with Crippen LogP contribution >= 0.6 is 0 Å². The fourth-order valence-electron chi connectivity index (χ4n) is 4.91. The van der Waals surface area contributed by atoms with Crippen LogP contribution in [0.25, 0.3) is 0 Å². The number of hydrogen-bond donors (Lipinski definition) is 1. The number of methoxy groups -OCH3 is 1. The van der Waals surface area contributed by atoms with Crippen LogP contribution < -0.4 is 15.4 Å². The number of Topliss-reactive ketones (excluding diaryl/α,β-unsaturated/α-hetero) is 1. The van der Waals surface area contributed by atoms with Crippen LogP contribution in [0, 0.1) is 5.41 Å². The monoisotopic (exact) mass is 446 g/mol. The van der Waals surface area contributed by atoms with Crippen molar-refractivity contribution in [3.8, 4) is 5.75 Å². The number of benzene rings is 2. The number of rotatable bonds is 5. The molecule has 1 unspecified atom stereocenters. The zero-order valence-corrected chi connectivity index (χ0v) is 19.6. The van der Waals surface area contributed by atoms with E-state index in [0.29, 0.717) is 24.2 Å². The number of hydrogen-bond acceptors (Lipinski definition) is 6. The predicted octanol–water partition coefficient (Wildman–Crippen LogP) is 4.68. The second kappa shape index (κ2) is 8.77. The van der Waals surface area contributed by atoms with Crippen molar-refractivity contribution in [1.82, 2.24) is 0 Å². The quantitative estimate of drug-likeness (QED) is 0.672. The highest BCUT2D eigenvalue weighted by atomic mass is 16.5. The van der Waals surface area contributed by atoms with Gasteiger partial charge in [0.15, 0.2) is 5.78 Å². The average Bonchev–Trinajstić information content (AvgIpc) is 2.78. The molecule has 172 valence electrons. The Morgan fingerprint density at radius 3 is 2.42 bits per heavy atom. The number of ketones is 1. The summed E-state index contributed by atoms with van der Waals surface area (Å²) in [6.45, 7) is 6.11. The molecule has 0 saturated carbocycles. The van der Waals surface area contributed by atoms with Gasteiger partial charge in [0, 0.05) is 28.9 Å². The molecular weight excluding hydrogens is 416 g/mol. The third-order valence-corrected chi connectivity index (χ3v) is 6.22. The average molecular weight is 447 g/mol. The number of para-hydroxylation sites is 2. The number of nitrogens with two attached hydrogens (primary N) is 1. The smallest absolute Gasteiger partial charge is 0.338 e. The fraction of sp³-hybridized carbons (Fsp3) is 0.333. The molecule has 33 heavy (non-hydrogen) atoms. The molecule has 6 nitrogen and oxygen atoms in total. The molecule has 2 aromatic carbocycles. The van der Waals surface area contributed by atoms with Crippen LogP contribution in [-0.2, 0) is 14.3 Å². The van der Waals surface area contributed by atoms with Gasteiger partial charge in [-0.2, -0.15) is 0 Å². The molecule has 0 saturated heterocycles. The molecule has 1 heterocycles. The molecule has 0 radical (unpaired) electrons. The molecule has 4 rings (SSSR count). The van der Waals surface area contributed by atoms with Crippen molar-refractivity contribution < 1.29 is 19.1 Å². The van der Waals surface area contributed by atoms with Crippen molar-refractivity contribution in [2.24, 2.45) is 11.1 Å². The Labute approximate surface area is 194 Å². The summed E-state index contributed by atoms with van der Waals surface area (Å²) in [4.78, 5) is 28.9. The standard InChI is InChI=1S/C27H30N2O4/c1-5-33-26(31)24-22(18-13-9-10-14-21(18)32-4)23-19(15-27(2,3)16-20(23)30)29(25(24)28)17-11-7-6-8-12-17/h6-14,22H,5,15-16,28H2,1-4H3. The molecule has 0 bridgehead atoms. The third kappa shape index (κ3) is 4.01. The van der Waals surface area contributed by atoms with Crippen LogP contribution in [0.5, 0.6) is 5.75 Å². The number of carbonyl (C=O) groups is 2. The van der Waals surface area contributed by atoms with Gasteiger partial charge in [-0.1, -0.05) is 50.2 Å². The Morgan fingerprint density at radius 1 is 1.09 bits per heavy atom. The molecule has 0 aromatic heterocycles. The molecular formula is C27H30N2O4. The van der Waals surface area contributed by atoms with Crippen LogP contribution in [0.1, 0.15) is 45.1 Å². The molecule has 2 aromatic rings. The van der Waals surface area contributed by atoms with Crippen LogP contribution in [0.15, 0.2) is 77.3 Å². The Kier molecular flexibility index (Phi) is 6.02. The van der Waals surface area contributed by atoms with Gasteiger partial charge in [0.05, 0.1) is 25.2 Å². The topological polar surface area (TPSA) is 81.9 Å². The SMILES string of the molecule is CCOC(=O)C1=C(N)N(c2ccccc2)C2=C(C(=O)CC(C)(C)C2)C1c1ccccc1OC. The van der Waals surface area contributed by atoms with Gasteiger partial charge < -0.3 is 15.2 Å². The van der Waals surface area contributed by atoms with Crippen molar-refractivity contribution in [2.75, 3.05) is 18.6 Å². The second-order valence-electron chi connectivity index (χ2n) is 9.17. The van der Waals surface area contributed by atoms with Crippen LogP contribution in [0.3, 0.4) is 0 Å². The Bertz CT molecular complexity index is 1150. The first-order valence-corrected chi connectivity index (χ1v) is 11.2. The minimum absolute atomic E-state index is 0.00684. The summed E-state index contributed by atoms with van der Waals surface area (Å²) < 4.78 is 11.1. The van der Waals surface area contributed by atoms with Crippen molar-refractivity contribution >= 4 is 17.4 Å². The van der Waals surface area contributed by atoms with E-state index in [2.05, 4.69) is 13.8 Å². The van der Waals surface area contributed by atoms with E-state index in [9.17, 15) is 9.59 Å². The number of esters is 1. The number of anilines is 1. The number of allylic oxidation sites excluding steroid dienone is 2.